The van der Waals surface area contributed by atoms with Crippen molar-refractivity contribution < 1.29 is 36.2 Å². The Labute approximate surface area is 226 Å². The molecule has 10 heteroatoms. The van der Waals surface area contributed by atoms with Crippen LogP contribution in [0.1, 0.15) is 36.5 Å². The van der Waals surface area contributed by atoms with Gasteiger partial charge >= 0.3 is 12.6 Å². The summed E-state index contributed by atoms with van der Waals surface area (Å²) in [7, 11) is -2.94. The van der Waals surface area contributed by atoms with Crippen molar-refractivity contribution in [2.24, 2.45) is 0 Å². The lowest BCUT2D eigenvalue weighted by atomic mass is 10.0. The van der Waals surface area contributed by atoms with Crippen molar-refractivity contribution in [3.05, 3.63) is 83.4 Å². The third-order valence-corrected chi connectivity index (χ3v) is 8.10. The number of methoxy groups -OCH3 is 1. The van der Waals surface area contributed by atoms with E-state index in [0.29, 0.717) is 11.4 Å². The van der Waals surface area contributed by atoms with E-state index in [2.05, 4.69) is 17.7 Å². The zero-order valence-corrected chi connectivity index (χ0v) is 22.4. The van der Waals surface area contributed by atoms with Gasteiger partial charge in [0.25, 0.3) is 10.0 Å². The van der Waals surface area contributed by atoms with Crippen LogP contribution in [0.2, 0.25) is 0 Å². The van der Waals surface area contributed by atoms with E-state index in [1.807, 2.05) is 36.4 Å². The molecule has 0 fully saturated rings. The van der Waals surface area contributed by atoms with Crippen LogP contribution in [-0.4, -0.2) is 40.8 Å². The van der Waals surface area contributed by atoms with Crippen LogP contribution in [0.3, 0.4) is 0 Å². The lowest BCUT2D eigenvalue weighted by molar-refractivity contribution is -0.141. The van der Waals surface area contributed by atoms with Gasteiger partial charge in [-0.1, -0.05) is 55.5 Å². The molecule has 1 aliphatic rings. The average molecular weight is 558 g/mol. The first-order chi connectivity index (χ1) is 18.7. The number of carbonyl (C=O) groups excluding carboxylic acids is 1. The molecule has 0 aromatic heterocycles. The molecule has 39 heavy (non-hydrogen) atoms. The lowest BCUT2D eigenvalue weighted by Crippen LogP contribution is -2.43. The van der Waals surface area contributed by atoms with E-state index in [1.165, 1.54) is 35.2 Å². The summed E-state index contributed by atoms with van der Waals surface area (Å²) in [5.74, 6) is -0.387. The summed E-state index contributed by atoms with van der Waals surface area (Å²) in [6.07, 6.45) is 4.35. The summed E-state index contributed by atoms with van der Waals surface area (Å²) in [4.78, 5) is 11.5. The Hall–Kier alpha value is -3.92. The molecule has 0 aliphatic carbocycles. The van der Waals surface area contributed by atoms with Crippen molar-refractivity contribution in [1.82, 2.24) is 0 Å². The largest absolute Gasteiger partial charge is 0.486 e. The number of nitrogens with zero attached hydrogens (tertiary/aromatic N) is 1. The number of ether oxygens (including phenoxy) is 3. The molecule has 0 saturated heterocycles. The van der Waals surface area contributed by atoms with Crippen LogP contribution in [0.5, 0.6) is 11.5 Å². The highest BCUT2D eigenvalue weighted by atomic mass is 32.2. The molecular weight excluding hydrogens is 528 g/mol. The summed E-state index contributed by atoms with van der Waals surface area (Å²) in [6, 6.07) is 18.2. The number of benzene rings is 3. The van der Waals surface area contributed by atoms with Crippen molar-refractivity contribution >= 4 is 33.8 Å². The third-order valence-electron chi connectivity index (χ3n) is 6.32. The Kier molecular flexibility index (Phi) is 8.86. The van der Waals surface area contributed by atoms with Crippen LogP contribution in [0.25, 0.3) is 12.2 Å². The number of sulfonamides is 1. The number of rotatable bonds is 10. The molecule has 0 spiro atoms. The second kappa shape index (κ2) is 12.3. The zero-order valence-electron chi connectivity index (χ0n) is 21.5. The smallest absolute Gasteiger partial charge is 0.387 e. The molecule has 3 aromatic carbocycles. The van der Waals surface area contributed by atoms with Gasteiger partial charge in [0.05, 0.1) is 24.2 Å². The van der Waals surface area contributed by atoms with Crippen LogP contribution in [0.15, 0.2) is 71.6 Å². The van der Waals surface area contributed by atoms with Crippen LogP contribution >= 0.6 is 0 Å². The second-order valence-electron chi connectivity index (χ2n) is 8.86. The molecular formula is C29H29F2NO6S. The lowest BCUT2D eigenvalue weighted by Gasteiger charge is -2.35. The average Bonchev–Trinajstić information content (AvgIpc) is 2.94. The highest BCUT2D eigenvalue weighted by Gasteiger charge is 2.35. The number of fused-ring (bicyclic) bond motifs is 1. The first-order valence-corrected chi connectivity index (χ1v) is 13.9. The molecule has 0 saturated carbocycles. The van der Waals surface area contributed by atoms with Gasteiger partial charge in [-0.05, 0) is 53.8 Å². The standard InChI is InChI=1S/C29H29F2NO6S/c1-3-21-7-4-5-8-22(21)13-11-20-12-15-27-26(17-20)32(19-24(37-27)14-16-28(33)36-2)39(34,35)25-10-6-9-23(18-25)38-29(30)31/h4-13,15,17-18,24,29H,3,14,16,19H2,1-2H3/b13-11+/t24-/m0/s1. The minimum absolute atomic E-state index is 0.0414. The number of halogens is 2. The number of hydrogen-bond acceptors (Lipinski definition) is 6. The van der Waals surface area contributed by atoms with Crippen molar-refractivity contribution in [3.8, 4) is 11.5 Å². The normalized spacial score (nSPS) is 15.2. The molecule has 0 bridgehead atoms. The minimum atomic E-state index is -4.22. The van der Waals surface area contributed by atoms with Crippen molar-refractivity contribution in [2.45, 2.75) is 43.8 Å². The number of alkyl halides is 2. The molecule has 4 rings (SSSR count). The predicted octanol–water partition coefficient (Wildman–Crippen LogP) is 5.93. The summed E-state index contributed by atoms with van der Waals surface area (Å²) >= 11 is 0. The maximum atomic E-state index is 13.8. The Bertz CT molecular complexity index is 1460. The van der Waals surface area contributed by atoms with Crippen LogP contribution < -0.4 is 13.8 Å². The number of aryl methyl sites for hydroxylation is 1. The fourth-order valence-corrected chi connectivity index (χ4v) is 5.87. The van der Waals surface area contributed by atoms with Crippen molar-refractivity contribution in [2.75, 3.05) is 18.0 Å². The molecule has 0 amide bonds. The number of anilines is 1. The molecule has 0 N–H and O–H groups in total. The van der Waals surface area contributed by atoms with Crippen LogP contribution in [-0.2, 0) is 26.0 Å². The molecule has 1 atom stereocenters. The quantitative estimate of drug-likeness (QED) is 0.227. The second-order valence-corrected chi connectivity index (χ2v) is 10.7. The fraction of sp³-hybridized carbons (Fsp3) is 0.276. The Morgan fingerprint density at radius 1 is 1.10 bits per heavy atom. The van der Waals surface area contributed by atoms with Gasteiger partial charge in [-0.15, -0.1) is 0 Å². The molecule has 1 heterocycles. The van der Waals surface area contributed by atoms with E-state index in [1.54, 1.807) is 12.1 Å². The number of hydrogen-bond donors (Lipinski definition) is 0. The van der Waals surface area contributed by atoms with Gasteiger partial charge in [0.2, 0.25) is 0 Å². The SMILES string of the molecule is CCc1ccccc1/C=C/c1ccc2c(c1)N(S(=O)(=O)c1cccc(OC(F)F)c1)C[C@H](CCC(=O)OC)O2. The summed E-state index contributed by atoms with van der Waals surface area (Å²) < 4.78 is 69.6. The summed E-state index contributed by atoms with van der Waals surface area (Å²) in [5, 5.41) is 0. The van der Waals surface area contributed by atoms with Gasteiger partial charge in [0, 0.05) is 12.5 Å². The van der Waals surface area contributed by atoms with Crippen molar-refractivity contribution in [1.29, 1.82) is 0 Å². The molecule has 3 aromatic rings. The molecule has 7 nitrogen and oxygen atoms in total. The summed E-state index contributed by atoms with van der Waals surface area (Å²) in [6.45, 7) is -1.11. The first kappa shape index (κ1) is 28.1. The van der Waals surface area contributed by atoms with Gasteiger partial charge in [-0.3, -0.25) is 9.10 Å². The Balaban J connectivity index is 1.72. The van der Waals surface area contributed by atoms with E-state index in [9.17, 15) is 22.0 Å². The van der Waals surface area contributed by atoms with E-state index in [0.717, 1.165) is 23.6 Å². The van der Waals surface area contributed by atoms with Crippen LogP contribution in [0.4, 0.5) is 14.5 Å². The van der Waals surface area contributed by atoms with Crippen LogP contribution in [0, 0.1) is 0 Å². The van der Waals surface area contributed by atoms with E-state index >= 15 is 0 Å². The Morgan fingerprint density at radius 2 is 1.90 bits per heavy atom. The topological polar surface area (TPSA) is 82.1 Å². The highest BCUT2D eigenvalue weighted by molar-refractivity contribution is 7.92. The molecule has 1 aliphatic heterocycles. The number of carbonyl (C=O) groups is 1. The van der Waals surface area contributed by atoms with Crippen molar-refractivity contribution in [3.63, 3.8) is 0 Å². The first-order valence-electron chi connectivity index (χ1n) is 12.4. The highest BCUT2D eigenvalue weighted by Crippen LogP contribution is 2.39. The third kappa shape index (κ3) is 6.75. The summed E-state index contributed by atoms with van der Waals surface area (Å²) in [5.41, 5.74) is 3.28. The molecule has 0 radical (unpaired) electrons. The van der Waals surface area contributed by atoms with Gasteiger partial charge < -0.3 is 14.2 Å². The van der Waals surface area contributed by atoms with E-state index < -0.39 is 28.7 Å². The Morgan fingerprint density at radius 3 is 2.64 bits per heavy atom. The van der Waals surface area contributed by atoms with Gasteiger partial charge in [0.15, 0.2) is 0 Å². The fourth-order valence-electron chi connectivity index (χ4n) is 4.33. The predicted molar refractivity (Wildman–Crippen MR) is 144 cm³/mol. The van der Waals surface area contributed by atoms with Gasteiger partial charge in [0.1, 0.15) is 17.6 Å². The maximum absolute atomic E-state index is 13.8. The maximum Gasteiger partial charge on any atom is 0.387 e. The molecule has 206 valence electrons. The van der Waals surface area contributed by atoms with Gasteiger partial charge in [-0.2, -0.15) is 8.78 Å². The minimum Gasteiger partial charge on any atom is -0.486 e. The van der Waals surface area contributed by atoms with Gasteiger partial charge in [-0.25, -0.2) is 8.42 Å². The van der Waals surface area contributed by atoms with E-state index in [4.69, 9.17) is 9.47 Å². The van der Waals surface area contributed by atoms with E-state index in [-0.39, 0.29) is 30.0 Å². The monoisotopic (exact) mass is 557 g/mol. The number of esters is 1. The molecule has 0 unspecified atom stereocenters. The zero-order chi connectivity index (χ0) is 28.0.